The molecule has 1 heterocycles. The van der Waals surface area contributed by atoms with Crippen molar-refractivity contribution >= 4 is 16.9 Å². The molecule has 0 saturated carbocycles. The molecular formula is C27H29N3O. The van der Waals surface area contributed by atoms with Crippen LogP contribution in [0.4, 0.5) is 0 Å². The number of imidazole rings is 1. The van der Waals surface area contributed by atoms with Gasteiger partial charge in [0.15, 0.2) is 0 Å². The van der Waals surface area contributed by atoms with Crippen molar-refractivity contribution in [2.75, 3.05) is 6.54 Å². The highest BCUT2D eigenvalue weighted by Crippen LogP contribution is 2.23. The molecule has 4 rings (SSSR count). The Morgan fingerprint density at radius 2 is 1.61 bits per heavy atom. The number of aryl methyl sites for hydroxylation is 1. The van der Waals surface area contributed by atoms with Gasteiger partial charge in [-0.3, -0.25) is 9.36 Å². The van der Waals surface area contributed by atoms with Crippen molar-refractivity contribution in [1.29, 1.82) is 0 Å². The lowest BCUT2D eigenvalue weighted by molar-refractivity contribution is 0.0736. The zero-order valence-electron chi connectivity index (χ0n) is 18.3. The van der Waals surface area contributed by atoms with Gasteiger partial charge >= 0.3 is 0 Å². The molecular weight excluding hydrogens is 382 g/mol. The second kappa shape index (κ2) is 9.61. The Morgan fingerprint density at radius 1 is 0.903 bits per heavy atom. The molecule has 0 fully saturated rings. The Hall–Kier alpha value is -3.40. The third-order valence-corrected chi connectivity index (χ3v) is 5.65. The normalized spacial score (nSPS) is 11.0. The SMILES string of the molecule is CCCCN(Cc1nc2ccccc2n1-c1ccccc1)C(=O)c1ccc(CC)cc1. The van der Waals surface area contributed by atoms with E-state index >= 15 is 0 Å². The summed E-state index contributed by atoms with van der Waals surface area (Å²) in [5.41, 5.74) is 5.02. The molecule has 0 saturated heterocycles. The van der Waals surface area contributed by atoms with Crippen LogP contribution in [0, 0.1) is 0 Å². The summed E-state index contributed by atoms with van der Waals surface area (Å²) in [5.74, 6) is 0.935. The van der Waals surface area contributed by atoms with Crippen molar-refractivity contribution in [2.45, 2.75) is 39.7 Å². The number of carbonyl (C=O) groups is 1. The molecule has 0 N–H and O–H groups in total. The number of aromatic nitrogens is 2. The van der Waals surface area contributed by atoms with Crippen molar-refractivity contribution in [2.24, 2.45) is 0 Å². The smallest absolute Gasteiger partial charge is 0.254 e. The molecule has 4 nitrogen and oxygen atoms in total. The third kappa shape index (κ3) is 4.53. The van der Waals surface area contributed by atoms with Crippen LogP contribution in [0.1, 0.15) is 48.4 Å². The first-order valence-electron chi connectivity index (χ1n) is 11.1. The lowest BCUT2D eigenvalue weighted by Crippen LogP contribution is -2.32. The number of amides is 1. The van der Waals surface area contributed by atoms with Gasteiger partial charge in [0.2, 0.25) is 0 Å². The second-order valence-corrected chi connectivity index (χ2v) is 7.82. The molecule has 0 spiro atoms. The molecule has 1 aromatic heterocycles. The van der Waals surface area contributed by atoms with E-state index in [9.17, 15) is 4.79 Å². The van der Waals surface area contributed by atoms with Crippen molar-refractivity contribution in [3.05, 3.63) is 95.8 Å². The maximum Gasteiger partial charge on any atom is 0.254 e. The average Bonchev–Trinajstić information content (AvgIpc) is 3.19. The minimum absolute atomic E-state index is 0.0581. The van der Waals surface area contributed by atoms with Gasteiger partial charge in [-0.15, -0.1) is 0 Å². The molecule has 31 heavy (non-hydrogen) atoms. The molecule has 0 unspecified atom stereocenters. The van der Waals surface area contributed by atoms with Crippen LogP contribution in [-0.2, 0) is 13.0 Å². The highest BCUT2D eigenvalue weighted by molar-refractivity contribution is 5.94. The van der Waals surface area contributed by atoms with Gasteiger partial charge in [0.25, 0.3) is 5.91 Å². The van der Waals surface area contributed by atoms with Gasteiger partial charge in [0.1, 0.15) is 5.82 Å². The molecule has 0 bridgehead atoms. The Bertz CT molecular complexity index is 1150. The predicted molar refractivity (Wildman–Crippen MR) is 127 cm³/mol. The number of carbonyl (C=O) groups excluding carboxylic acids is 1. The van der Waals surface area contributed by atoms with E-state index in [0.29, 0.717) is 13.1 Å². The van der Waals surface area contributed by atoms with Crippen molar-refractivity contribution < 1.29 is 4.79 Å². The van der Waals surface area contributed by atoms with Crippen LogP contribution < -0.4 is 0 Å². The van der Waals surface area contributed by atoms with E-state index in [1.807, 2.05) is 65.6 Å². The second-order valence-electron chi connectivity index (χ2n) is 7.82. The topological polar surface area (TPSA) is 38.1 Å². The average molecular weight is 412 g/mol. The molecule has 0 atom stereocenters. The maximum absolute atomic E-state index is 13.4. The van der Waals surface area contributed by atoms with E-state index in [1.54, 1.807) is 0 Å². The molecule has 0 aliphatic heterocycles. The summed E-state index contributed by atoms with van der Waals surface area (Å²) in [7, 11) is 0. The number of para-hydroxylation sites is 3. The summed E-state index contributed by atoms with van der Waals surface area (Å²) in [5, 5.41) is 0. The zero-order valence-corrected chi connectivity index (χ0v) is 18.3. The van der Waals surface area contributed by atoms with E-state index in [-0.39, 0.29) is 5.91 Å². The van der Waals surface area contributed by atoms with Crippen LogP contribution in [0.25, 0.3) is 16.7 Å². The first kappa shape index (κ1) is 20.9. The fourth-order valence-corrected chi connectivity index (χ4v) is 3.88. The Morgan fingerprint density at radius 3 is 2.32 bits per heavy atom. The van der Waals surface area contributed by atoms with Crippen LogP contribution in [0.2, 0.25) is 0 Å². The third-order valence-electron chi connectivity index (χ3n) is 5.65. The lowest BCUT2D eigenvalue weighted by atomic mass is 10.1. The van der Waals surface area contributed by atoms with Crippen molar-refractivity contribution in [3.63, 3.8) is 0 Å². The van der Waals surface area contributed by atoms with E-state index in [2.05, 4.69) is 36.6 Å². The minimum atomic E-state index is 0.0581. The van der Waals surface area contributed by atoms with Crippen molar-refractivity contribution in [3.8, 4) is 5.69 Å². The van der Waals surface area contributed by atoms with Gasteiger partial charge in [-0.1, -0.05) is 62.7 Å². The summed E-state index contributed by atoms with van der Waals surface area (Å²) < 4.78 is 2.17. The first-order valence-corrected chi connectivity index (χ1v) is 11.1. The standard InChI is InChI=1S/C27H29N3O/c1-3-5-19-29(27(31)22-17-15-21(4-2)16-18-22)20-26-28-24-13-9-10-14-25(24)30(26)23-11-7-6-8-12-23/h6-18H,3-5,19-20H2,1-2H3. The van der Waals surface area contributed by atoms with Crippen LogP contribution in [-0.4, -0.2) is 26.9 Å². The van der Waals surface area contributed by atoms with Crippen LogP contribution >= 0.6 is 0 Å². The molecule has 1 amide bonds. The number of hydrogen-bond acceptors (Lipinski definition) is 2. The Balaban J connectivity index is 1.72. The van der Waals surface area contributed by atoms with Crippen molar-refractivity contribution in [1.82, 2.24) is 14.5 Å². The Kier molecular flexibility index (Phi) is 6.46. The minimum Gasteiger partial charge on any atom is -0.331 e. The first-order chi connectivity index (χ1) is 15.2. The molecule has 158 valence electrons. The maximum atomic E-state index is 13.4. The molecule has 3 aromatic carbocycles. The molecule has 0 aliphatic rings. The van der Waals surface area contributed by atoms with Gasteiger partial charge in [-0.25, -0.2) is 4.98 Å². The van der Waals surface area contributed by atoms with Gasteiger partial charge in [-0.05, 0) is 54.8 Å². The van der Waals surface area contributed by atoms with E-state index in [4.69, 9.17) is 4.98 Å². The number of unbranched alkanes of at least 4 members (excludes halogenated alkanes) is 1. The van der Waals surface area contributed by atoms with E-state index < -0.39 is 0 Å². The number of nitrogens with zero attached hydrogens (tertiary/aromatic N) is 3. The zero-order chi connectivity index (χ0) is 21.6. The van der Waals surface area contributed by atoms with Crippen LogP contribution in [0.3, 0.4) is 0 Å². The molecule has 0 radical (unpaired) electrons. The van der Waals surface area contributed by atoms with Gasteiger partial charge in [0, 0.05) is 17.8 Å². The quantitative estimate of drug-likeness (QED) is 0.355. The number of fused-ring (bicyclic) bond motifs is 1. The van der Waals surface area contributed by atoms with Crippen LogP contribution in [0.5, 0.6) is 0 Å². The fraction of sp³-hybridized carbons (Fsp3) is 0.259. The fourth-order valence-electron chi connectivity index (χ4n) is 3.88. The summed E-state index contributed by atoms with van der Waals surface area (Å²) in [4.78, 5) is 20.3. The Labute approximate surface area is 184 Å². The van der Waals surface area contributed by atoms with Gasteiger partial charge in [-0.2, -0.15) is 0 Å². The highest BCUT2D eigenvalue weighted by Gasteiger charge is 2.20. The number of benzene rings is 3. The summed E-state index contributed by atoms with van der Waals surface area (Å²) >= 11 is 0. The van der Waals surface area contributed by atoms with E-state index in [1.165, 1.54) is 5.56 Å². The number of rotatable bonds is 8. The monoisotopic (exact) mass is 411 g/mol. The van der Waals surface area contributed by atoms with Gasteiger partial charge < -0.3 is 4.90 Å². The predicted octanol–water partition coefficient (Wildman–Crippen LogP) is 6.03. The molecule has 4 heteroatoms. The molecule has 4 aromatic rings. The lowest BCUT2D eigenvalue weighted by Gasteiger charge is -2.23. The largest absolute Gasteiger partial charge is 0.331 e. The summed E-state index contributed by atoms with van der Waals surface area (Å²) in [6.07, 6.45) is 2.97. The van der Waals surface area contributed by atoms with E-state index in [0.717, 1.165) is 47.4 Å². The summed E-state index contributed by atoms with van der Waals surface area (Å²) in [6.45, 7) is 5.46. The summed E-state index contributed by atoms with van der Waals surface area (Å²) in [6, 6.07) is 26.4. The van der Waals surface area contributed by atoms with Crippen LogP contribution in [0.15, 0.2) is 78.9 Å². The number of hydrogen-bond donors (Lipinski definition) is 0. The highest BCUT2D eigenvalue weighted by atomic mass is 16.2. The van der Waals surface area contributed by atoms with Gasteiger partial charge in [0.05, 0.1) is 17.6 Å². The molecule has 0 aliphatic carbocycles.